The topological polar surface area (TPSA) is 58.4 Å². The van der Waals surface area contributed by atoms with Crippen LogP contribution in [-0.4, -0.2) is 37.0 Å². The summed E-state index contributed by atoms with van der Waals surface area (Å²) >= 11 is 3.30. The number of nitrogen functional groups attached to an aromatic ring is 1. The Bertz CT molecular complexity index is 421. The fourth-order valence-electron chi connectivity index (χ4n) is 1.39. The van der Waals surface area contributed by atoms with E-state index in [1.54, 1.807) is 18.2 Å². The highest BCUT2D eigenvalue weighted by Gasteiger charge is 2.08. The van der Waals surface area contributed by atoms with E-state index in [9.17, 15) is 4.79 Å². The number of anilines is 1. The highest BCUT2D eigenvalue weighted by Crippen LogP contribution is 2.19. The lowest BCUT2D eigenvalue weighted by atomic mass is 10.2. The van der Waals surface area contributed by atoms with Gasteiger partial charge in [0.05, 0.1) is 0 Å². The molecule has 0 spiro atoms. The van der Waals surface area contributed by atoms with Gasteiger partial charge in [0.1, 0.15) is 0 Å². The van der Waals surface area contributed by atoms with E-state index in [2.05, 4.69) is 40.0 Å². The van der Waals surface area contributed by atoms with Crippen molar-refractivity contribution in [3.63, 3.8) is 0 Å². The normalized spacial score (nSPS) is 11.0. The van der Waals surface area contributed by atoms with Gasteiger partial charge in [0.15, 0.2) is 0 Å². The van der Waals surface area contributed by atoms with Gasteiger partial charge in [-0.1, -0.05) is 0 Å². The molecule has 0 aromatic heterocycles. The first-order valence-corrected chi connectivity index (χ1v) is 6.74. The highest BCUT2D eigenvalue weighted by atomic mass is 79.9. The average molecular weight is 314 g/mol. The van der Waals surface area contributed by atoms with Crippen LogP contribution < -0.4 is 11.1 Å². The quantitative estimate of drug-likeness (QED) is 0.818. The van der Waals surface area contributed by atoms with Crippen LogP contribution in [0.2, 0.25) is 0 Å². The maximum absolute atomic E-state index is 11.9. The van der Waals surface area contributed by atoms with E-state index in [4.69, 9.17) is 5.73 Å². The molecule has 4 nitrogen and oxygen atoms in total. The van der Waals surface area contributed by atoms with Crippen molar-refractivity contribution in [1.82, 2.24) is 10.2 Å². The summed E-state index contributed by atoms with van der Waals surface area (Å²) < 4.78 is 0.804. The van der Waals surface area contributed by atoms with Crippen molar-refractivity contribution < 1.29 is 4.79 Å². The number of carbonyl (C=O) groups is 1. The van der Waals surface area contributed by atoms with E-state index >= 15 is 0 Å². The molecule has 1 aromatic rings. The Labute approximate surface area is 117 Å². The standard InChI is InChI=1S/C13H20BrN3O/c1-9(2)17(3)7-6-16-13(18)10-4-5-11(14)12(15)8-10/h4-5,8-9H,6-7,15H2,1-3H3,(H,16,18). The van der Waals surface area contributed by atoms with Crippen LogP contribution in [0.1, 0.15) is 24.2 Å². The van der Waals surface area contributed by atoms with Crippen LogP contribution in [0.15, 0.2) is 22.7 Å². The van der Waals surface area contributed by atoms with Crippen molar-refractivity contribution in [2.24, 2.45) is 0 Å². The number of hydrogen-bond acceptors (Lipinski definition) is 3. The van der Waals surface area contributed by atoms with Gasteiger partial charge in [0, 0.05) is 34.9 Å². The van der Waals surface area contributed by atoms with Crippen LogP contribution in [0.3, 0.4) is 0 Å². The van der Waals surface area contributed by atoms with E-state index < -0.39 is 0 Å². The van der Waals surface area contributed by atoms with Gasteiger partial charge in [0.2, 0.25) is 0 Å². The van der Waals surface area contributed by atoms with Gasteiger partial charge in [-0.15, -0.1) is 0 Å². The molecule has 0 heterocycles. The molecular formula is C13H20BrN3O. The zero-order valence-electron chi connectivity index (χ0n) is 11.0. The second-order valence-electron chi connectivity index (χ2n) is 4.57. The molecule has 0 fully saturated rings. The zero-order chi connectivity index (χ0) is 13.7. The van der Waals surface area contributed by atoms with Crippen molar-refractivity contribution in [2.75, 3.05) is 25.9 Å². The lowest BCUT2D eigenvalue weighted by Crippen LogP contribution is -2.36. The first-order chi connectivity index (χ1) is 8.41. The van der Waals surface area contributed by atoms with Crippen molar-refractivity contribution in [3.8, 4) is 0 Å². The maximum atomic E-state index is 11.9. The van der Waals surface area contributed by atoms with Gasteiger partial charge in [-0.05, 0) is 55.0 Å². The minimum atomic E-state index is -0.0913. The predicted molar refractivity (Wildman–Crippen MR) is 78.7 cm³/mol. The smallest absolute Gasteiger partial charge is 0.251 e. The van der Waals surface area contributed by atoms with Crippen LogP contribution >= 0.6 is 15.9 Å². The second-order valence-corrected chi connectivity index (χ2v) is 5.42. The molecule has 0 aliphatic carbocycles. The monoisotopic (exact) mass is 313 g/mol. The first kappa shape index (κ1) is 15.0. The number of amides is 1. The molecule has 5 heteroatoms. The predicted octanol–water partition coefficient (Wildman–Crippen LogP) is 2.10. The third kappa shape index (κ3) is 4.31. The van der Waals surface area contributed by atoms with Crippen molar-refractivity contribution in [2.45, 2.75) is 19.9 Å². The summed E-state index contributed by atoms with van der Waals surface area (Å²) in [6.07, 6.45) is 0. The molecule has 18 heavy (non-hydrogen) atoms. The fourth-order valence-corrected chi connectivity index (χ4v) is 1.64. The summed E-state index contributed by atoms with van der Waals surface area (Å²) in [5.41, 5.74) is 6.90. The van der Waals surface area contributed by atoms with E-state index in [1.807, 2.05) is 7.05 Å². The van der Waals surface area contributed by atoms with Crippen LogP contribution in [-0.2, 0) is 0 Å². The van der Waals surface area contributed by atoms with Crippen molar-refractivity contribution in [1.29, 1.82) is 0 Å². The molecule has 0 saturated carbocycles. The minimum Gasteiger partial charge on any atom is -0.398 e. The fraction of sp³-hybridized carbons (Fsp3) is 0.462. The van der Waals surface area contributed by atoms with Gasteiger partial charge in [-0.25, -0.2) is 0 Å². The Hall–Kier alpha value is -1.07. The Morgan fingerprint density at radius 2 is 2.17 bits per heavy atom. The highest BCUT2D eigenvalue weighted by molar-refractivity contribution is 9.10. The summed E-state index contributed by atoms with van der Waals surface area (Å²) in [4.78, 5) is 14.0. The number of nitrogens with zero attached hydrogens (tertiary/aromatic N) is 1. The molecule has 1 rings (SSSR count). The van der Waals surface area contributed by atoms with Gasteiger partial charge >= 0.3 is 0 Å². The summed E-state index contributed by atoms with van der Waals surface area (Å²) in [6, 6.07) is 5.68. The largest absolute Gasteiger partial charge is 0.398 e. The van der Waals surface area contributed by atoms with Crippen molar-refractivity contribution >= 4 is 27.5 Å². The molecule has 0 aliphatic rings. The Kier molecular flexibility index (Phi) is 5.62. The number of nitrogens with two attached hydrogens (primary N) is 1. The minimum absolute atomic E-state index is 0.0913. The summed E-state index contributed by atoms with van der Waals surface area (Å²) in [5.74, 6) is -0.0913. The van der Waals surface area contributed by atoms with Gasteiger partial charge in [0.25, 0.3) is 5.91 Å². The number of carbonyl (C=O) groups excluding carboxylic acids is 1. The molecule has 1 amide bonds. The SMILES string of the molecule is CC(C)N(C)CCNC(=O)c1ccc(Br)c(N)c1. The molecular weight excluding hydrogens is 294 g/mol. The summed E-state index contributed by atoms with van der Waals surface area (Å²) in [7, 11) is 2.04. The molecule has 0 unspecified atom stereocenters. The van der Waals surface area contributed by atoms with Crippen LogP contribution in [0, 0.1) is 0 Å². The lowest BCUT2D eigenvalue weighted by molar-refractivity contribution is 0.0948. The van der Waals surface area contributed by atoms with Gasteiger partial charge in [-0.2, -0.15) is 0 Å². The first-order valence-electron chi connectivity index (χ1n) is 5.95. The third-order valence-corrected chi connectivity index (χ3v) is 3.61. The van der Waals surface area contributed by atoms with E-state index in [0.717, 1.165) is 11.0 Å². The number of rotatable bonds is 5. The summed E-state index contributed by atoms with van der Waals surface area (Å²) in [6.45, 7) is 5.70. The number of halogens is 1. The zero-order valence-corrected chi connectivity index (χ0v) is 12.6. The third-order valence-electron chi connectivity index (χ3n) is 2.89. The molecule has 0 aliphatic heterocycles. The molecule has 100 valence electrons. The molecule has 0 saturated heterocycles. The lowest BCUT2D eigenvalue weighted by Gasteiger charge is -2.20. The number of likely N-dealkylation sites (N-methyl/N-ethyl adjacent to an activating group) is 1. The molecule has 0 bridgehead atoms. The summed E-state index contributed by atoms with van der Waals surface area (Å²) in [5, 5.41) is 2.88. The number of benzene rings is 1. The van der Waals surface area contributed by atoms with Crippen LogP contribution in [0.5, 0.6) is 0 Å². The average Bonchev–Trinajstić information content (AvgIpc) is 2.32. The Morgan fingerprint density at radius 1 is 1.50 bits per heavy atom. The van der Waals surface area contributed by atoms with Crippen LogP contribution in [0.4, 0.5) is 5.69 Å². The van der Waals surface area contributed by atoms with Gasteiger partial charge in [-0.3, -0.25) is 4.79 Å². The maximum Gasteiger partial charge on any atom is 0.251 e. The van der Waals surface area contributed by atoms with Crippen LogP contribution in [0.25, 0.3) is 0 Å². The number of hydrogen-bond donors (Lipinski definition) is 2. The Morgan fingerprint density at radius 3 is 2.72 bits per heavy atom. The molecule has 0 radical (unpaired) electrons. The van der Waals surface area contributed by atoms with E-state index in [-0.39, 0.29) is 5.91 Å². The molecule has 1 aromatic carbocycles. The Balaban J connectivity index is 2.48. The molecule has 3 N–H and O–H groups in total. The van der Waals surface area contributed by atoms with E-state index in [0.29, 0.717) is 23.8 Å². The molecule has 0 atom stereocenters. The van der Waals surface area contributed by atoms with E-state index in [1.165, 1.54) is 0 Å². The van der Waals surface area contributed by atoms with Gasteiger partial charge < -0.3 is 16.0 Å². The second kappa shape index (κ2) is 6.75. The number of nitrogens with one attached hydrogen (secondary N) is 1. The van der Waals surface area contributed by atoms with Crippen molar-refractivity contribution in [3.05, 3.63) is 28.2 Å².